The van der Waals surface area contributed by atoms with E-state index in [2.05, 4.69) is 21.4 Å². The van der Waals surface area contributed by atoms with Crippen molar-refractivity contribution in [2.75, 3.05) is 13.7 Å². The Morgan fingerprint density at radius 1 is 1.56 bits per heavy atom. The molecule has 16 heavy (non-hydrogen) atoms. The van der Waals surface area contributed by atoms with Gasteiger partial charge in [0, 0.05) is 10.0 Å². The highest BCUT2D eigenvalue weighted by Crippen LogP contribution is 2.35. The van der Waals surface area contributed by atoms with Gasteiger partial charge in [0.05, 0.1) is 19.8 Å². The van der Waals surface area contributed by atoms with Crippen molar-refractivity contribution in [1.29, 1.82) is 0 Å². The van der Waals surface area contributed by atoms with Gasteiger partial charge in [-0.25, -0.2) is 4.39 Å². The Morgan fingerprint density at radius 3 is 3.12 bits per heavy atom. The molecule has 1 heterocycles. The molecule has 1 unspecified atom stereocenters. The molecule has 5 heteroatoms. The molecule has 0 aromatic heterocycles. The number of benzene rings is 1. The van der Waals surface area contributed by atoms with Crippen LogP contribution in [-0.2, 0) is 4.84 Å². The molecule has 0 fully saturated rings. The van der Waals surface area contributed by atoms with E-state index < -0.39 is 0 Å². The standard InChI is InChI=1S/C11H13BrFNO2/c1-15-14-10-3-2-4-16-11-8(10)5-7(12)6-9(11)13/h5-6,10,14H,2-4H2,1H3. The minimum Gasteiger partial charge on any atom is -0.490 e. The molecule has 1 aromatic carbocycles. The molecule has 1 N–H and O–H groups in total. The summed E-state index contributed by atoms with van der Waals surface area (Å²) in [4.78, 5) is 4.93. The maximum Gasteiger partial charge on any atom is 0.166 e. The van der Waals surface area contributed by atoms with Gasteiger partial charge >= 0.3 is 0 Å². The molecule has 0 saturated carbocycles. The van der Waals surface area contributed by atoms with Crippen LogP contribution in [0.15, 0.2) is 16.6 Å². The first-order valence-electron chi connectivity index (χ1n) is 5.12. The highest BCUT2D eigenvalue weighted by molar-refractivity contribution is 9.10. The fourth-order valence-corrected chi connectivity index (χ4v) is 2.32. The highest BCUT2D eigenvalue weighted by atomic mass is 79.9. The Hall–Kier alpha value is -0.650. The summed E-state index contributed by atoms with van der Waals surface area (Å²) in [6, 6.07) is 3.24. The summed E-state index contributed by atoms with van der Waals surface area (Å²) in [5.74, 6) is -0.00979. The maximum atomic E-state index is 13.7. The van der Waals surface area contributed by atoms with Crippen LogP contribution >= 0.6 is 15.9 Å². The molecule has 0 radical (unpaired) electrons. The zero-order valence-electron chi connectivity index (χ0n) is 8.93. The highest BCUT2D eigenvalue weighted by Gasteiger charge is 2.23. The van der Waals surface area contributed by atoms with E-state index in [0.29, 0.717) is 16.8 Å². The number of rotatable bonds is 2. The molecule has 1 aliphatic rings. The van der Waals surface area contributed by atoms with Crippen LogP contribution in [0.4, 0.5) is 4.39 Å². The fraction of sp³-hybridized carbons (Fsp3) is 0.455. The summed E-state index contributed by atoms with van der Waals surface area (Å²) >= 11 is 3.28. The van der Waals surface area contributed by atoms with Crippen molar-refractivity contribution in [1.82, 2.24) is 5.48 Å². The molecule has 0 bridgehead atoms. The van der Waals surface area contributed by atoms with Crippen LogP contribution in [0.1, 0.15) is 24.4 Å². The minimum atomic E-state index is -0.339. The van der Waals surface area contributed by atoms with Crippen molar-refractivity contribution < 1.29 is 14.0 Å². The van der Waals surface area contributed by atoms with Gasteiger partial charge in [-0.15, -0.1) is 0 Å². The molecule has 2 rings (SSSR count). The Morgan fingerprint density at radius 2 is 2.38 bits per heavy atom. The SMILES string of the molecule is CONC1CCCOc2c(F)cc(Br)cc21. The van der Waals surface area contributed by atoms with E-state index in [1.165, 1.54) is 6.07 Å². The minimum absolute atomic E-state index is 0.0329. The number of halogens is 2. The zero-order valence-corrected chi connectivity index (χ0v) is 10.5. The van der Waals surface area contributed by atoms with Gasteiger partial charge in [-0.1, -0.05) is 15.9 Å². The van der Waals surface area contributed by atoms with Crippen molar-refractivity contribution in [2.45, 2.75) is 18.9 Å². The van der Waals surface area contributed by atoms with Crippen LogP contribution in [0.25, 0.3) is 0 Å². The molecule has 0 aliphatic carbocycles. The van der Waals surface area contributed by atoms with E-state index in [1.54, 1.807) is 7.11 Å². The van der Waals surface area contributed by atoms with Crippen molar-refractivity contribution in [3.8, 4) is 5.75 Å². The largest absolute Gasteiger partial charge is 0.490 e. The Bertz CT molecular complexity index is 386. The van der Waals surface area contributed by atoms with Crippen molar-refractivity contribution in [3.05, 3.63) is 28.0 Å². The topological polar surface area (TPSA) is 30.5 Å². The molecule has 0 spiro atoms. The Balaban J connectivity index is 2.43. The predicted molar refractivity (Wildman–Crippen MR) is 61.7 cm³/mol. The third-order valence-corrected chi connectivity index (χ3v) is 3.01. The van der Waals surface area contributed by atoms with E-state index in [0.717, 1.165) is 18.4 Å². The van der Waals surface area contributed by atoms with Gasteiger partial charge in [0.2, 0.25) is 0 Å². The lowest BCUT2D eigenvalue weighted by atomic mass is 10.0. The fourth-order valence-electron chi connectivity index (χ4n) is 1.87. The second kappa shape index (κ2) is 5.12. The number of ether oxygens (including phenoxy) is 1. The van der Waals surface area contributed by atoms with Crippen LogP contribution in [0.3, 0.4) is 0 Å². The van der Waals surface area contributed by atoms with E-state index in [1.807, 2.05) is 6.07 Å². The van der Waals surface area contributed by atoms with Crippen molar-refractivity contribution in [3.63, 3.8) is 0 Å². The molecule has 1 aromatic rings. The number of hydroxylamine groups is 1. The van der Waals surface area contributed by atoms with Crippen molar-refractivity contribution >= 4 is 15.9 Å². The first-order chi connectivity index (χ1) is 7.72. The quantitative estimate of drug-likeness (QED) is 0.849. The average molecular weight is 290 g/mol. The molecule has 0 saturated heterocycles. The number of fused-ring (bicyclic) bond motifs is 1. The van der Waals surface area contributed by atoms with Gasteiger partial charge in [-0.05, 0) is 25.0 Å². The van der Waals surface area contributed by atoms with E-state index in [9.17, 15) is 4.39 Å². The van der Waals surface area contributed by atoms with Crippen LogP contribution < -0.4 is 10.2 Å². The number of hydrogen-bond donors (Lipinski definition) is 1. The Labute approximate surface area is 102 Å². The smallest absolute Gasteiger partial charge is 0.166 e. The van der Waals surface area contributed by atoms with Gasteiger partial charge in [0.15, 0.2) is 11.6 Å². The van der Waals surface area contributed by atoms with E-state index in [-0.39, 0.29) is 11.9 Å². The maximum absolute atomic E-state index is 13.7. The number of hydrogen-bond acceptors (Lipinski definition) is 3. The normalized spacial score (nSPS) is 19.8. The molecule has 1 atom stereocenters. The zero-order chi connectivity index (χ0) is 11.5. The van der Waals surface area contributed by atoms with Gasteiger partial charge in [-0.2, -0.15) is 5.48 Å². The van der Waals surface area contributed by atoms with Gasteiger partial charge in [0.1, 0.15) is 0 Å². The lowest BCUT2D eigenvalue weighted by molar-refractivity contribution is 0.0579. The first-order valence-corrected chi connectivity index (χ1v) is 5.92. The summed E-state index contributed by atoms with van der Waals surface area (Å²) < 4.78 is 19.8. The molecular formula is C11H13BrFNO2. The van der Waals surface area contributed by atoms with Crippen LogP contribution in [-0.4, -0.2) is 13.7 Å². The summed E-state index contributed by atoms with van der Waals surface area (Å²) in [7, 11) is 1.56. The second-order valence-electron chi connectivity index (χ2n) is 3.67. The first kappa shape index (κ1) is 11.8. The number of nitrogens with one attached hydrogen (secondary N) is 1. The van der Waals surface area contributed by atoms with Crippen LogP contribution in [0.5, 0.6) is 5.75 Å². The molecule has 3 nitrogen and oxygen atoms in total. The third-order valence-electron chi connectivity index (χ3n) is 2.56. The van der Waals surface area contributed by atoms with E-state index >= 15 is 0 Å². The lowest BCUT2D eigenvalue weighted by Gasteiger charge is -2.17. The van der Waals surface area contributed by atoms with Crippen LogP contribution in [0.2, 0.25) is 0 Å². The summed E-state index contributed by atoms with van der Waals surface area (Å²) in [5, 5.41) is 0. The van der Waals surface area contributed by atoms with Crippen molar-refractivity contribution in [2.24, 2.45) is 0 Å². The Kier molecular flexibility index (Phi) is 3.78. The molecular weight excluding hydrogens is 277 g/mol. The molecule has 88 valence electrons. The summed E-state index contributed by atoms with van der Waals surface area (Å²) in [6.45, 7) is 0.535. The van der Waals surface area contributed by atoms with Crippen LogP contribution in [0, 0.1) is 5.82 Å². The average Bonchev–Trinajstić information content (AvgIpc) is 2.42. The van der Waals surface area contributed by atoms with Gasteiger partial charge in [0.25, 0.3) is 0 Å². The molecule has 1 aliphatic heterocycles. The summed E-state index contributed by atoms with van der Waals surface area (Å²) in [6.07, 6.45) is 1.73. The lowest BCUT2D eigenvalue weighted by Crippen LogP contribution is -2.19. The van der Waals surface area contributed by atoms with Gasteiger partial charge < -0.3 is 9.57 Å². The monoisotopic (exact) mass is 289 g/mol. The molecule has 0 amide bonds. The predicted octanol–water partition coefficient (Wildman–Crippen LogP) is 2.95. The van der Waals surface area contributed by atoms with Gasteiger partial charge in [-0.3, -0.25) is 0 Å². The van der Waals surface area contributed by atoms with E-state index in [4.69, 9.17) is 9.57 Å². The summed E-state index contributed by atoms with van der Waals surface area (Å²) in [5.41, 5.74) is 3.67. The second-order valence-corrected chi connectivity index (χ2v) is 4.59. The third kappa shape index (κ3) is 2.36.